The molecule has 12 heteroatoms. The molecule has 3 aromatic carbocycles. The number of nitrogens with zero attached hydrogens (tertiary/aromatic N) is 5. The third kappa shape index (κ3) is 7.40. The molecule has 6 rings (SSSR count). The zero-order valence-corrected chi connectivity index (χ0v) is 30.0. The van der Waals surface area contributed by atoms with E-state index in [1.165, 1.54) is 0 Å². The molecule has 49 heavy (non-hydrogen) atoms. The summed E-state index contributed by atoms with van der Waals surface area (Å²) in [7, 11) is 4.07. The molecule has 3 heterocycles. The highest BCUT2D eigenvalue weighted by molar-refractivity contribution is 7.92. The van der Waals surface area contributed by atoms with Crippen molar-refractivity contribution in [2.45, 2.75) is 55.8 Å². The number of rotatable bonds is 12. The van der Waals surface area contributed by atoms with Crippen LogP contribution in [-0.2, 0) is 22.8 Å². The van der Waals surface area contributed by atoms with Gasteiger partial charge >= 0.3 is 0 Å². The maximum atomic E-state index is 13.3. The highest BCUT2D eigenvalue weighted by atomic mass is 32.2. The van der Waals surface area contributed by atoms with E-state index in [0.29, 0.717) is 42.2 Å². The van der Waals surface area contributed by atoms with Gasteiger partial charge in [-0.25, -0.2) is 8.42 Å². The molecule has 0 spiro atoms. The Labute approximate surface area is 290 Å². The van der Waals surface area contributed by atoms with Crippen molar-refractivity contribution in [3.63, 3.8) is 0 Å². The minimum Gasteiger partial charge on any atom is -0.497 e. The van der Waals surface area contributed by atoms with Gasteiger partial charge in [0, 0.05) is 49.5 Å². The number of hydrogen-bond donors (Lipinski definition) is 2. The normalized spacial score (nSPS) is 15.1. The molecular weight excluding hydrogens is 639 g/mol. The number of aromatic nitrogens is 2. The molecule has 260 valence electrons. The lowest BCUT2D eigenvalue weighted by molar-refractivity contribution is 0.249. The van der Waals surface area contributed by atoms with Gasteiger partial charge in [0.2, 0.25) is 5.95 Å². The van der Waals surface area contributed by atoms with Crippen molar-refractivity contribution in [1.29, 1.82) is 0 Å². The number of piperidine rings is 1. The largest absolute Gasteiger partial charge is 0.497 e. The van der Waals surface area contributed by atoms with E-state index in [1.54, 1.807) is 46.3 Å². The Morgan fingerprint density at radius 3 is 2.31 bits per heavy atom. The average Bonchev–Trinajstić information content (AvgIpc) is 3.51. The van der Waals surface area contributed by atoms with Crippen LogP contribution in [0.15, 0.2) is 71.6 Å². The van der Waals surface area contributed by atoms with Crippen molar-refractivity contribution in [3.8, 4) is 11.5 Å². The van der Waals surface area contributed by atoms with Crippen molar-refractivity contribution in [3.05, 3.63) is 77.9 Å². The fraction of sp³-hybridized carbons (Fsp3) is 0.405. The number of anilines is 6. The van der Waals surface area contributed by atoms with E-state index in [2.05, 4.69) is 63.7 Å². The summed E-state index contributed by atoms with van der Waals surface area (Å²) in [5.74, 6) is 3.23. The molecule has 0 amide bonds. The van der Waals surface area contributed by atoms with Gasteiger partial charge in [0.05, 0.1) is 35.7 Å². The first-order valence-corrected chi connectivity index (χ1v) is 18.4. The van der Waals surface area contributed by atoms with E-state index >= 15 is 0 Å². The van der Waals surface area contributed by atoms with Crippen LogP contribution < -0.4 is 29.9 Å². The van der Waals surface area contributed by atoms with Gasteiger partial charge in [-0.2, -0.15) is 9.97 Å². The van der Waals surface area contributed by atoms with Gasteiger partial charge in [-0.3, -0.25) is 0 Å². The van der Waals surface area contributed by atoms with Gasteiger partial charge in [0.1, 0.15) is 23.1 Å². The summed E-state index contributed by atoms with van der Waals surface area (Å²) in [6.45, 7) is 6.74. The quantitative estimate of drug-likeness (QED) is 0.176. The predicted molar refractivity (Wildman–Crippen MR) is 197 cm³/mol. The molecule has 0 unspecified atom stereocenters. The lowest BCUT2D eigenvalue weighted by Gasteiger charge is -2.36. The standard InChI is InChI=1S/C37H47N7O4S/c1-25(2)49(45,46)34-10-8-7-9-32(34)38-35-30-19-22-44(24-26-11-14-29(47-5)15-12-26)36(30)41-37(40-35)39-31-16-13-28(23-33(31)48-6)43-20-17-27(18-21-43)42(3)4/h7-16,23,25,27H,17-22,24H2,1-6H3,(H2,38,39,40,41). The summed E-state index contributed by atoms with van der Waals surface area (Å²) in [5, 5.41) is 6.25. The van der Waals surface area contributed by atoms with Gasteiger partial charge in [-0.15, -0.1) is 0 Å². The van der Waals surface area contributed by atoms with Crippen LogP contribution in [0.1, 0.15) is 37.8 Å². The molecular formula is C37H47N7O4S. The fourth-order valence-corrected chi connectivity index (χ4v) is 7.72. The van der Waals surface area contributed by atoms with Gasteiger partial charge in [0.15, 0.2) is 9.84 Å². The predicted octanol–water partition coefficient (Wildman–Crippen LogP) is 6.26. The van der Waals surface area contributed by atoms with E-state index in [1.807, 2.05) is 24.3 Å². The number of para-hydroxylation sites is 1. The Kier molecular flexibility index (Phi) is 10.2. The van der Waals surface area contributed by atoms with Gasteiger partial charge < -0.3 is 34.8 Å². The number of sulfone groups is 1. The van der Waals surface area contributed by atoms with Crippen molar-refractivity contribution >= 4 is 44.5 Å². The molecule has 1 fully saturated rings. The van der Waals surface area contributed by atoms with Crippen LogP contribution >= 0.6 is 0 Å². The van der Waals surface area contributed by atoms with Gasteiger partial charge in [-0.1, -0.05) is 24.3 Å². The van der Waals surface area contributed by atoms with E-state index in [0.717, 1.165) is 66.5 Å². The Morgan fingerprint density at radius 2 is 1.63 bits per heavy atom. The maximum Gasteiger partial charge on any atom is 0.231 e. The Hall–Kier alpha value is -4.55. The summed E-state index contributed by atoms with van der Waals surface area (Å²) >= 11 is 0. The molecule has 1 aromatic heterocycles. The van der Waals surface area contributed by atoms with Crippen LogP contribution in [0.2, 0.25) is 0 Å². The van der Waals surface area contributed by atoms with E-state index in [4.69, 9.17) is 19.4 Å². The topological polar surface area (TPSA) is 112 Å². The molecule has 0 radical (unpaired) electrons. The summed E-state index contributed by atoms with van der Waals surface area (Å²) in [4.78, 5) is 17.1. The molecule has 0 aliphatic carbocycles. The molecule has 2 N–H and O–H groups in total. The molecule has 11 nitrogen and oxygen atoms in total. The second-order valence-corrected chi connectivity index (χ2v) is 15.6. The molecule has 4 aromatic rings. The van der Waals surface area contributed by atoms with E-state index < -0.39 is 15.1 Å². The van der Waals surface area contributed by atoms with E-state index in [-0.39, 0.29) is 4.90 Å². The second-order valence-electron chi connectivity index (χ2n) is 13.1. The fourth-order valence-electron chi connectivity index (χ4n) is 6.52. The number of hydrogen-bond acceptors (Lipinski definition) is 11. The first-order valence-electron chi connectivity index (χ1n) is 16.8. The maximum absolute atomic E-state index is 13.3. The SMILES string of the molecule is COc1ccc(CN2CCc3c(Nc4ccccc4S(=O)(=O)C(C)C)nc(Nc4ccc(N5CCC(N(C)C)CC5)cc4OC)nc32)cc1. The lowest BCUT2D eigenvalue weighted by Crippen LogP contribution is -2.41. The molecule has 1 saturated heterocycles. The average molecular weight is 686 g/mol. The smallest absolute Gasteiger partial charge is 0.231 e. The minimum atomic E-state index is -3.55. The van der Waals surface area contributed by atoms with Crippen LogP contribution in [0.25, 0.3) is 0 Å². The molecule has 0 atom stereocenters. The number of benzene rings is 3. The Bertz CT molecular complexity index is 1870. The minimum absolute atomic E-state index is 0.242. The Morgan fingerprint density at radius 1 is 0.898 bits per heavy atom. The highest BCUT2D eigenvalue weighted by Crippen LogP contribution is 2.38. The number of methoxy groups -OCH3 is 2. The van der Waals surface area contributed by atoms with Gasteiger partial charge in [0.25, 0.3) is 0 Å². The third-order valence-corrected chi connectivity index (χ3v) is 11.7. The molecule has 2 aliphatic rings. The number of fused-ring (bicyclic) bond motifs is 1. The Balaban J connectivity index is 1.34. The van der Waals surface area contributed by atoms with Crippen LogP contribution in [0.4, 0.5) is 34.6 Å². The first-order chi connectivity index (χ1) is 23.6. The summed E-state index contributed by atoms with van der Waals surface area (Å²) in [5.41, 5.74) is 4.39. The van der Waals surface area contributed by atoms with Crippen LogP contribution in [-0.4, -0.2) is 82.5 Å². The van der Waals surface area contributed by atoms with Crippen molar-refractivity contribution in [2.24, 2.45) is 0 Å². The lowest BCUT2D eigenvalue weighted by atomic mass is 10.0. The third-order valence-electron chi connectivity index (χ3n) is 9.51. The summed E-state index contributed by atoms with van der Waals surface area (Å²) in [6.07, 6.45) is 2.93. The van der Waals surface area contributed by atoms with Crippen molar-refractivity contribution in [2.75, 3.05) is 68.4 Å². The van der Waals surface area contributed by atoms with Crippen molar-refractivity contribution in [1.82, 2.24) is 14.9 Å². The van der Waals surface area contributed by atoms with Crippen LogP contribution in [0, 0.1) is 0 Å². The number of nitrogens with one attached hydrogen (secondary N) is 2. The summed E-state index contributed by atoms with van der Waals surface area (Å²) in [6, 6.07) is 21.8. The zero-order valence-electron chi connectivity index (χ0n) is 29.2. The van der Waals surface area contributed by atoms with Crippen molar-refractivity contribution < 1.29 is 17.9 Å². The van der Waals surface area contributed by atoms with Crippen LogP contribution in [0.3, 0.4) is 0 Å². The summed E-state index contributed by atoms with van der Waals surface area (Å²) < 4.78 is 37.9. The highest BCUT2D eigenvalue weighted by Gasteiger charge is 2.29. The molecule has 2 aliphatic heterocycles. The monoisotopic (exact) mass is 685 g/mol. The second kappa shape index (κ2) is 14.5. The molecule has 0 bridgehead atoms. The number of ether oxygens (including phenoxy) is 2. The first kappa shape index (κ1) is 34.3. The van der Waals surface area contributed by atoms with E-state index in [9.17, 15) is 8.42 Å². The molecule has 0 saturated carbocycles. The van der Waals surface area contributed by atoms with Gasteiger partial charge in [-0.05, 0) is 89.2 Å². The zero-order chi connectivity index (χ0) is 34.7. The van der Waals surface area contributed by atoms with Crippen LogP contribution in [0.5, 0.6) is 11.5 Å².